The number of rotatable bonds is 8. The van der Waals surface area contributed by atoms with Gasteiger partial charge in [-0.3, -0.25) is 4.79 Å². The van der Waals surface area contributed by atoms with Crippen LogP contribution in [0.4, 0.5) is 10.2 Å². The van der Waals surface area contributed by atoms with E-state index in [-0.39, 0.29) is 12.4 Å². The molecule has 4 aromatic rings. The largest absolute Gasteiger partial charge is 0.493 e. The van der Waals surface area contributed by atoms with Crippen LogP contribution in [-0.2, 0) is 11.3 Å². The van der Waals surface area contributed by atoms with Crippen LogP contribution < -0.4 is 14.8 Å². The van der Waals surface area contributed by atoms with Gasteiger partial charge in [0.05, 0.1) is 31.6 Å². The first kappa shape index (κ1) is 22.6. The molecular weight excluding hydrogens is 435 g/mol. The minimum Gasteiger partial charge on any atom is -0.493 e. The number of hydrogen-bond donors (Lipinski definition) is 1. The van der Waals surface area contributed by atoms with Gasteiger partial charge in [-0.2, -0.15) is 5.26 Å². The maximum atomic E-state index is 13.4. The summed E-state index contributed by atoms with van der Waals surface area (Å²) in [6.07, 6.45) is 1.63. The van der Waals surface area contributed by atoms with E-state index in [1.54, 1.807) is 30.6 Å². The average molecular weight is 456 g/mol. The van der Waals surface area contributed by atoms with Crippen molar-refractivity contribution in [2.45, 2.75) is 6.54 Å². The van der Waals surface area contributed by atoms with Crippen LogP contribution in [0.1, 0.15) is 11.1 Å². The van der Waals surface area contributed by atoms with Gasteiger partial charge in [0.15, 0.2) is 18.1 Å². The first-order valence-corrected chi connectivity index (χ1v) is 10.4. The molecule has 0 radical (unpaired) electrons. The zero-order chi connectivity index (χ0) is 23.9. The van der Waals surface area contributed by atoms with Crippen molar-refractivity contribution >= 4 is 11.7 Å². The monoisotopic (exact) mass is 456 g/mol. The van der Waals surface area contributed by atoms with Crippen LogP contribution in [0.5, 0.6) is 11.5 Å². The van der Waals surface area contributed by atoms with Crippen molar-refractivity contribution in [2.75, 3.05) is 19.0 Å². The number of anilines is 1. The molecule has 0 unspecified atom stereocenters. The van der Waals surface area contributed by atoms with Crippen LogP contribution in [0.3, 0.4) is 0 Å². The fourth-order valence-corrected chi connectivity index (χ4v) is 3.40. The zero-order valence-electron chi connectivity index (χ0n) is 18.4. The molecule has 7 nitrogen and oxygen atoms in total. The first-order chi connectivity index (χ1) is 16.6. The molecule has 1 N–H and O–H groups in total. The second kappa shape index (κ2) is 10.3. The lowest BCUT2D eigenvalue weighted by Gasteiger charge is -2.14. The Hall–Kier alpha value is -4.64. The second-order valence-corrected chi connectivity index (χ2v) is 7.38. The van der Waals surface area contributed by atoms with Crippen LogP contribution in [0.15, 0.2) is 79.1 Å². The Morgan fingerprint density at radius 3 is 2.56 bits per heavy atom. The predicted molar refractivity (Wildman–Crippen MR) is 125 cm³/mol. The highest BCUT2D eigenvalue weighted by atomic mass is 19.1. The lowest BCUT2D eigenvalue weighted by atomic mass is 10.1. The minimum absolute atomic E-state index is 0.290. The highest BCUT2D eigenvalue weighted by molar-refractivity contribution is 5.94. The SMILES string of the molecule is COc1cc(C#N)ccc1OCC(=O)Nc1c(-c2ccc(F)cc2)ncn1Cc1ccccc1. The summed E-state index contributed by atoms with van der Waals surface area (Å²) in [5.74, 6) is 0.393. The molecule has 0 aliphatic rings. The van der Waals surface area contributed by atoms with Gasteiger partial charge in [-0.05, 0) is 42.0 Å². The van der Waals surface area contributed by atoms with Gasteiger partial charge in [-0.25, -0.2) is 9.37 Å². The summed E-state index contributed by atoms with van der Waals surface area (Å²) in [7, 11) is 1.46. The van der Waals surface area contributed by atoms with E-state index in [0.717, 1.165) is 5.56 Å². The van der Waals surface area contributed by atoms with Crippen molar-refractivity contribution in [3.05, 3.63) is 96.1 Å². The molecule has 0 saturated carbocycles. The number of carbonyl (C=O) groups excluding carboxylic acids is 1. The Morgan fingerprint density at radius 1 is 1.09 bits per heavy atom. The number of hydrogen-bond acceptors (Lipinski definition) is 5. The van der Waals surface area contributed by atoms with Crippen molar-refractivity contribution in [2.24, 2.45) is 0 Å². The molecule has 0 saturated heterocycles. The minimum atomic E-state index is -0.412. The van der Waals surface area contributed by atoms with Crippen molar-refractivity contribution in [3.8, 4) is 28.8 Å². The summed E-state index contributed by atoms with van der Waals surface area (Å²) in [6, 6.07) is 22.4. The number of imidazole rings is 1. The number of amides is 1. The summed E-state index contributed by atoms with van der Waals surface area (Å²) in [5.41, 5.74) is 2.63. The van der Waals surface area contributed by atoms with Crippen LogP contribution in [-0.4, -0.2) is 29.2 Å². The molecule has 0 spiro atoms. The summed E-state index contributed by atoms with van der Waals surface area (Å²) in [4.78, 5) is 17.3. The molecule has 0 aliphatic heterocycles. The Balaban J connectivity index is 1.56. The van der Waals surface area contributed by atoms with Gasteiger partial charge in [0.1, 0.15) is 17.3 Å². The van der Waals surface area contributed by atoms with Gasteiger partial charge in [0, 0.05) is 11.6 Å². The Morgan fingerprint density at radius 2 is 1.85 bits per heavy atom. The molecule has 0 fully saturated rings. The van der Waals surface area contributed by atoms with Crippen LogP contribution >= 0.6 is 0 Å². The van der Waals surface area contributed by atoms with Gasteiger partial charge in [-0.15, -0.1) is 0 Å². The number of nitrogens with zero attached hydrogens (tertiary/aromatic N) is 3. The van der Waals surface area contributed by atoms with E-state index in [4.69, 9.17) is 14.7 Å². The summed E-state index contributed by atoms with van der Waals surface area (Å²) in [6.45, 7) is 0.191. The van der Waals surface area contributed by atoms with E-state index >= 15 is 0 Å². The average Bonchev–Trinajstić information content (AvgIpc) is 3.25. The third kappa shape index (κ3) is 5.22. The highest BCUT2D eigenvalue weighted by Gasteiger charge is 2.17. The summed E-state index contributed by atoms with van der Waals surface area (Å²) < 4.78 is 26.1. The number of benzene rings is 3. The van der Waals surface area contributed by atoms with Crippen molar-refractivity contribution in [1.82, 2.24) is 9.55 Å². The molecule has 0 bridgehead atoms. The van der Waals surface area contributed by atoms with Crippen molar-refractivity contribution in [1.29, 1.82) is 5.26 Å². The fraction of sp³-hybridized carbons (Fsp3) is 0.115. The molecule has 3 aromatic carbocycles. The van der Waals surface area contributed by atoms with Gasteiger partial charge in [0.25, 0.3) is 5.91 Å². The van der Waals surface area contributed by atoms with E-state index < -0.39 is 5.91 Å². The molecule has 8 heteroatoms. The number of nitriles is 1. The number of nitrogens with one attached hydrogen (secondary N) is 1. The number of aromatic nitrogens is 2. The topological polar surface area (TPSA) is 89.2 Å². The maximum absolute atomic E-state index is 13.4. The van der Waals surface area contributed by atoms with Gasteiger partial charge < -0.3 is 19.4 Å². The number of methoxy groups -OCH3 is 1. The maximum Gasteiger partial charge on any atom is 0.263 e. The smallest absolute Gasteiger partial charge is 0.263 e. The Labute approximate surface area is 196 Å². The number of halogens is 1. The van der Waals surface area contributed by atoms with E-state index in [2.05, 4.69) is 10.3 Å². The number of ether oxygens (including phenoxy) is 2. The normalized spacial score (nSPS) is 10.4. The molecule has 4 rings (SSSR count). The standard InChI is InChI=1S/C26H21FN4O3/c1-33-23-13-19(14-28)7-12-22(23)34-16-24(32)30-26-25(20-8-10-21(27)11-9-20)29-17-31(26)15-18-5-3-2-4-6-18/h2-13,17H,15-16H2,1H3,(H,30,32). The third-order valence-corrected chi connectivity index (χ3v) is 5.06. The van der Waals surface area contributed by atoms with E-state index in [1.165, 1.54) is 25.3 Å². The van der Waals surface area contributed by atoms with Gasteiger partial charge in [0.2, 0.25) is 0 Å². The lowest BCUT2D eigenvalue weighted by molar-refractivity contribution is -0.118. The van der Waals surface area contributed by atoms with Gasteiger partial charge >= 0.3 is 0 Å². The molecule has 1 amide bonds. The second-order valence-electron chi connectivity index (χ2n) is 7.38. The van der Waals surface area contributed by atoms with Crippen LogP contribution in [0, 0.1) is 17.1 Å². The summed E-state index contributed by atoms with van der Waals surface area (Å²) >= 11 is 0. The molecule has 0 atom stereocenters. The van der Waals surface area contributed by atoms with E-state index in [9.17, 15) is 9.18 Å². The van der Waals surface area contributed by atoms with Crippen LogP contribution in [0.25, 0.3) is 11.3 Å². The van der Waals surface area contributed by atoms with Crippen LogP contribution in [0.2, 0.25) is 0 Å². The summed E-state index contributed by atoms with van der Waals surface area (Å²) in [5, 5.41) is 11.9. The van der Waals surface area contributed by atoms with E-state index in [1.807, 2.05) is 41.0 Å². The lowest BCUT2D eigenvalue weighted by Crippen LogP contribution is -2.22. The Kier molecular flexibility index (Phi) is 6.84. The fourth-order valence-electron chi connectivity index (χ4n) is 3.40. The third-order valence-electron chi connectivity index (χ3n) is 5.06. The van der Waals surface area contributed by atoms with Crippen molar-refractivity contribution in [3.63, 3.8) is 0 Å². The molecule has 0 aliphatic carbocycles. The van der Waals surface area contributed by atoms with Gasteiger partial charge in [-0.1, -0.05) is 30.3 Å². The molecule has 1 aromatic heterocycles. The van der Waals surface area contributed by atoms with E-state index in [0.29, 0.717) is 40.7 Å². The first-order valence-electron chi connectivity index (χ1n) is 10.4. The quantitative estimate of drug-likeness (QED) is 0.417. The predicted octanol–water partition coefficient (Wildman–Crippen LogP) is 4.64. The zero-order valence-corrected chi connectivity index (χ0v) is 18.4. The Bertz CT molecular complexity index is 1330. The molecule has 1 heterocycles. The molecule has 34 heavy (non-hydrogen) atoms. The molecule has 170 valence electrons. The highest BCUT2D eigenvalue weighted by Crippen LogP contribution is 2.29. The molecular formula is C26H21FN4O3. The van der Waals surface area contributed by atoms with Crippen molar-refractivity contribution < 1.29 is 18.7 Å². The number of carbonyl (C=O) groups is 1.